The first kappa shape index (κ1) is 40.3. The number of benzene rings is 1. The van der Waals surface area contributed by atoms with Gasteiger partial charge in [-0.1, -0.05) is 55.3 Å². The number of nitrogens with one attached hydrogen (secondary N) is 1. The van der Waals surface area contributed by atoms with E-state index >= 15 is 0 Å². The van der Waals surface area contributed by atoms with Crippen molar-refractivity contribution in [2.24, 2.45) is 11.8 Å². The first-order chi connectivity index (χ1) is 23.6. The van der Waals surface area contributed by atoms with E-state index in [9.17, 15) is 32.7 Å². The van der Waals surface area contributed by atoms with E-state index in [1.807, 2.05) is 38.1 Å². The number of hydrogen-bond donors (Lipinski definition) is 3. The highest BCUT2D eigenvalue weighted by Crippen LogP contribution is 2.49. The summed E-state index contributed by atoms with van der Waals surface area (Å²) in [6.45, 7) is 10.4. The van der Waals surface area contributed by atoms with Crippen LogP contribution in [0.2, 0.25) is 5.02 Å². The monoisotopic (exact) mass is 753 g/mol. The SMILES string of the molecule is C/C1=C\C=C\C(C)C2(O)CC(OC(=O)N2)C(C)C2OC2(C)C(OC(=O)[C@H](C)N(C)C(=O)CCS(=O)(=O)O)CC(=O)N(C)c2cc(cc(C)c2Cl)C1. The molecule has 2 saturated heterocycles. The van der Waals surface area contributed by atoms with Crippen molar-refractivity contribution in [1.82, 2.24) is 10.2 Å². The van der Waals surface area contributed by atoms with Crippen molar-refractivity contribution in [3.05, 3.63) is 52.1 Å². The molecule has 0 radical (unpaired) electrons. The number of aryl methyl sites for hydroxylation is 1. The molecule has 0 aromatic heterocycles. The number of fused-ring (bicyclic) bond motifs is 5. The number of aliphatic hydroxyl groups is 1. The molecule has 2 fully saturated rings. The van der Waals surface area contributed by atoms with Gasteiger partial charge in [-0.25, -0.2) is 9.59 Å². The molecular weight excluding hydrogens is 706 g/mol. The zero-order chi connectivity index (χ0) is 38.2. The summed E-state index contributed by atoms with van der Waals surface area (Å²) in [7, 11) is -1.56. The van der Waals surface area contributed by atoms with Crippen LogP contribution in [0.4, 0.5) is 10.5 Å². The van der Waals surface area contributed by atoms with Crippen molar-refractivity contribution in [1.29, 1.82) is 0 Å². The molecule has 0 aliphatic carbocycles. The van der Waals surface area contributed by atoms with E-state index < -0.39 is 93.7 Å². The van der Waals surface area contributed by atoms with Crippen molar-refractivity contribution >= 4 is 51.3 Å². The fraction of sp³-hybridized carbons (Fsp3) is 0.600. The number of nitrogens with zero attached hydrogens (tertiary/aromatic N) is 2. The zero-order valence-corrected chi connectivity index (χ0v) is 31.7. The predicted octanol–water partition coefficient (Wildman–Crippen LogP) is 3.71. The van der Waals surface area contributed by atoms with Gasteiger partial charge in [0.05, 0.1) is 29.0 Å². The quantitative estimate of drug-likeness (QED) is 0.218. The standard InChI is InChI=1S/C35H48ClN3O11S/c1-19-10-9-11-21(3)35(44)18-26(48-33(43)37-35)22(4)31-34(6,50-31)27(49-32(42)23(5)38(7)28(40)12-13-51(45,46)47)17-29(41)39(8)25-16-24(14-19)15-20(2)30(25)36/h9-11,15-16,21-23,26-27,31,44H,12-14,17-18H2,1-8H3,(H,37,43)(H,45,46,47)/b11-9+,19-10+/t21?,22?,23-,26?,27?,31?,34?,35?/m0/s1. The van der Waals surface area contributed by atoms with Crippen LogP contribution in [0.25, 0.3) is 0 Å². The fourth-order valence-electron chi connectivity index (χ4n) is 6.55. The fourth-order valence-corrected chi connectivity index (χ4v) is 7.22. The van der Waals surface area contributed by atoms with Crippen LogP contribution in [0.5, 0.6) is 0 Å². The molecule has 282 valence electrons. The Kier molecular flexibility index (Phi) is 12.0. The maximum atomic E-state index is 14.0. The Morgan fingerprint density at radius 3 is 2.55 bits per heavy atom. The lowest BCUT2D eigenvalue weighted by Crippen LogP contribution is -2.60. The van der Waals surface area contributed by atoms with Gasteiger partial charge in [0.2, 0.25) is 11.8 Å². The van der Waals surface area contributed by atoms with Crippen LogP contribution < -0.4 is 10.2 Å². The van der Waals surface area contributed by atoms with E-state index in [2.05, 4.69) is 5.32 Å². The number of likely N-dealkylation sites (N-methyl/N-ethyl adjacent to an activating group) is 1. The second-order valence-electron chi connectivity index (χ2n) is 14.2. The molecule has 3 aliphatic heterocycles. The van der Waals surface area contributed by atoms with Crippen LogP contribution in [0.3, 0.4) is 0 Å². The van der Waals surface area contributed by atoms with Crippen molar-refractivity contribution < 1.29 is 51.5 Å². The van der Waals surface area contributed by atoms with Crippen LogP contribution in [0.15, 0.2) is 35.9 Å². The summed E-state index contributed by atoms with van der Waals surface area (Å²) in [5, 5.41) is 14.5. The van der Waals surface area contributed by atoms with E-state index in [0.717, 1.165) is 21.6 Å². The smallest absolute Gasteiger partial charge is 0.409 e. The van der Waals surface area contributed by atoms with Crippen LogP contribution in [0, 0.1) is 18.8 Å². The van der Waals surface area contributed by atoms with Gasteiger partial charge < -0.3 is 29.1 Å². The molecule has 0 spiro atoms. The Morgan fingerprint density at radius 1 is 1.24 bits per heavy atom. The third-order valence-corrected chi connectivity index (χ3v) is 11.4. The minimum Gasteiger partial charge on any atom is -0.457 e. The third kappa shape index (κ3) is 9.30. The van der Waals surface area contributed by atoms with E-state index in [0.29, 0.717) is 17.1 Å². The average molecular weight is 754 g/mol. The molecule has 16 heteroatoms. The minimum atomic E-state index is -4.41. The molecule has 3 amide bonds. The second kappa shape index (κ2) is 15.2. The van der Waals surface area contributed by atoms with Crippen LogP contribution in [-0.2, 0) is 45.1 Å². The summed E-state index contributed by atoms with van der Waals surface area (Å²) >= 11 is 6.72. The van der Waals surface area contributed by atoms with Crippen molar-refractivity contribution in [3.8, 4) is 0 Å². The Morgan fingerprint density at radius 2 is 1.90 bits per heavy atom. The number of rotatable bonds is 6. The summed E-state index contributed by atoms with van der Waals surface area (Å²) in [5.74, 6) is -3.94. The highest BCUT2D eigenvalue weighted by molar-refractivity contribution is 7.85. The highest BCUT2D eigenvalue weighted by atomic mass is 35.5. The van der Waals surface area contributed by atoms with Crippen molar-refractivity contribution in [2.75, 3.05) is 24.7 Å². The Balaban J connectivity index is 1.71. The van der Waals surface area contributed by atoms with Gasteiger partial charge in [0.1, 0.15) is 29.6 Å². The van der Waals surface area contributed by atoms with Crippen molar-refractivity contribution in [2.45, 2.75) is 103 Å². The van der Waals surface area contributed by atoms with Gasteiger partial charge >= 0.3 is 12.1 Å². The summed E-state index contributed by atoms with van der Waals surface area (Å²) in [6, 6.07) is 2.55. The molecule has 3 N–H and O–H groups in total. The molecule has 4 rings (SSSR count). The topological polar surface area (TPSA) is 192 Å². The minimum absolute atomic E-state index is 0.0211. The number of carbonyl (C=O) groups excluding carboxylic acids is 4. The molecule has 14 nitrogen and oxygen atoms in total. The number of hydrogen-bond acceptors (Lipinski definition) is 10. The van der Waals surface area contributed by atoms with E-state index in [1.165, 1.54) is 18.9 Å². The lowest BCUT2D eigenvalue weighted by atomic mass is 9.82. The molecule has 1 aromatic rings. The predicted molar refractivity (Wildman–Crippen MR) is 189 cm³/mol. The number of halogens is 1. The molecule has 51 heavy (non-hydrogen) atoms. The Hall–Kier alpha value is -3.50. The van der Waals surface area contributed by atoms with Gasteiger partial charge in [-0.15, -0.1) is 0 Å². The number of esters is 1. The molecule has 8 atom stereocenters. The lowest BCUT2D eigenvalue weighted by molar-refractivity contribution is -0.161. The summed E-state index contributed by atoms with van der Waals surface area (Å²) in [5.41, 5.74) is 0.181. The van der Waals surface area contributed by atoms with Gasteiger partial charge in [-0.05, 0) is 51.3 Å². The Bertz CT molecular complexity index is 1730. The second-order valence-corrected chi connectivity index (χ2v) is 16.1. The number of allylic oxidation sites excluding steroid dienone is 3. The van der Waals surface area contributed by atoms with Gasteiger partial charge in [-0.2, -0.15) is 8.42 Å². The van der Waals surface area contributed by atoms with Gasteiger partial charge in [-0.3, -0.25) is 19.5 Å². The van der Waals surface area contributed by atoms with Gasteiger partial charge in [0.25, 0.3) is 10.1 Å². The van der Waals surface area contributed by atoms with Gasteiger partial charge in [0.15, 0.2) is 0 Å². The summed E-state index contributed by atoms with van der Waals surface area (Å²) in [4.78, 5) is 55.3. The molecule has 1 aromatic carbocycles. The summed E-state index contributed by atoms with van der Waals surface area (Å²) < 4.78 is 49.2. The Labute approximate surface area is 303 Å². The highest BCUT2D eigenvalue weighted by Gasteiger charge is 2.64. The van der Waals surface area contributed by atoms with E-state index in [1.54, 1.807) is 33.9 Å². The van der Waals surface area contributed by atoms with Crippen LogP contribution in [-0.4, -0.2) is 102 Å². The van der Waals surface area contributed by atoms with Gasteiger partial charge in [0, 0.05) is 38.8 Å². The molecule has 7 unspecified atom stereocenters. The average Bonchev–Trinajstić information content (AvgIpc) is 3.74. The maximum absolute atomic E-state index is 14.0. The van der Waals surface area contributed by atoms with E-state index in [-0.39, 0.29) is 12.8 Å². The number of alkyl carbamates (subject to hydrolysis) is 1. The number of anilines is 1. The number of carbonyl (C=O) groups is 4. The first-order valence-corrected chi connectivity index (χ1v) is 18.7. The normalized spacial score (nSPS) is 32.3. The molecule has 3 heterocycles. The first-order valence-electron chi connectivity index (χ1n) is 16.8. The molecule has 0 saturated carbocycles. The summed E-state index contributed by atoms with van der Waals surface area (Å²) in [6.07, 6.45) is 1.66. The largest absolute Gasteiger partial charge is 0.457 e. The number of amides is 3. The third-order valence-electron chi connectivity index (χ3n) is 10.2. The van der Waals surface area contributed by atoms with Crippen LogP contribution in [0.1, 0.15) is 65.0 Å². The zero-order valence-electron chi connectivity index (χ0n) is 30.1. The maximum Gasteiger partial charge on any atom is 0.409 e. The van der Waals surface area contributed by atoms with Crippen LogP contribution >= 0.6 is 11.6 Å². The van der Waals surface area contributed by atoms with Crippen molar-refractivity contribution in [3.63, 3.8) is 0 Å². The van der Waals surface area contributed by atoms with E-state index in [4.69, 9.17) is 30.4 Å². The number of epoxide rings is 1. The molecular formula is C35H48ClN3O11S. The molecule has 4 bridgehead atoms. The molecule has 3 aliphatic rings. The number of ether oxygens (including phenoxy) is 3. The lowest BCUT2D eigenvalue weighted by Gasteiger charge is -2.41.